The van der Waals surface area contributed by atoms with E-state index in [1.807, 2.05) is 57.2 Å². The molecule has 3 rings (SSSR count). The van der Waals surface area contributed by atoms with Gasteiger partial charge in [0.25, 0.3) is 0 Å². The first-order valence-electron chi connectivity index (χ1n) is 11.1. The van der Waals surface area contributed by atoms with Crippen LogP contribution >= 0.6 is 0 Å². The number of aryl methyl sites for hydroxylation is 1. The fraction of sp³-hybridized carbons (Fsp3) is 0.480. The Labute approximate surface area is 185 Å². The van der Waals surface area contributed by atoms with Crippen molar-refractivity contribution < 1.29 is 14.3 Å². The SMILES string of the molecule is CCCCCc1ccc(NC(=O)[C@@H]2Cc3ccccc3CN2C(=O)OC(C)(C)C)cn1. The van der Waals surface area contributed by atoms with Crippen molar-refractivity contribution in [2.75, 3.05) is 5.32 Å². The van der Waals surface area contributed by atoms with Crippen LogP contribution in [0.15, 0.2) is 42.6 Å². The maximum atomic E-state index is 13.2. The Morgan fingerprint density at radius 1 is 1.13 bits per heavy atom. The summed E-state index contributed by atoms with van der Waals surface area (Å²) < 4.78 is 5.58. The van der Waals surface area contributed by atoms with Crippen LogP contribution in [0.2, 0.25) is 0 Å². The molecule has 31 heavy (non-hydrogen) atoms. The molecule has 1 atom stereocenters. The molecular weight excluding hydrogens is 390 g/mol. The monoisotopic (exact) mass is 423 g/mol. The molecule has 2 amide bonds. The van der Waals surface area contributed by atoms with Gasteiger partial charge < -0.3 is 10.1 Å². The predicted octanol–water partition coefficient (Wildman–Crippen LogP) is 5.11. The number of pyridine rings is 1. The molecule has 1 N–H and O–H groups in total. The number of aromatic nitrogens is 1. The van der Waals surface area contributed by atoms with Crippen molar-refractivity contribution in [1.29, 1.82) is 0 Å². The number of fused-ring (bicyclic) bond motifs is 1. The van der Waals surface area contributed by atoms with Gasteiger partial charge in [-0.2, -0.15) is 0 Å². The number of nitrogens with one attached hydrogen (secondary N) is 1. The minimum atomic E-state index is -0.644. The highest BCUT2D eigenvalue weighted by atomic mass is 16.6. The Morgan fingerprint density at radius 3 is 2.52 bits per heavy atom. The zero-order valence-electron chi connectivity index (χ0n) is 19.0. The van der Waals surface area contributed by atoms with Gasteiger partial charge in [0.15, 0.2) is 0 Å². The van der Waals surface area contributed by atoms with Gasteiger partial charge in [-0.15, -0.1) is 0 Å². The Hall–Kier alpha value is -2.89. The molecule has 6 nitrogen and oxygen atoms in total. The topological polar surface area (TPSA) is 71.5 Å². The van der Waals surface area contributed by atoms with E-state index >= 15 is 0 Å². The number of unbranched alkanes of at least 4 members (excludes halogenated alkanes) is 2. The van der Waals surface area contributed by atoms with Gasteiger partial charge in [0.05, 0.1) is 18.4 Å². The fourth-order valence-corrected chi connectivity index (χ4v) is 3.70. The first kappa shape index (κ1) is 22.8. The van der Waals surface area contributed by atoms with Gasteiger partial charge in [-0.1, -0.05) is 44.0 Å². The third-order valence-electron chi connectivity index (χ3n) is 5.31. The number of ether oxygens (including phenoxy) is 1. The first-order valence-corrected chi connectivity index (χ1v) is 11.1. The van der Waals surface area contributed by atoms with Crippen molar-refractivity contribution in [1.82, 2.24) is 9.88 Å². The molecule has 0 bridgehead atoms. The Morgan fingerprint density at radius 2 is 1.87 bits per heavy atom. The average molecular weight is 424 g/mol. The number of benzene rings is 1. The molecule has 1 aromatic heterocycles. The number of carbonyl (C=O) groups excluding carboxylic acids is 2. The maximum absolute atomic E-state index is 13.2. The number of anilines is 1. The van der Waals surface area contributed by atoms with Crippen molar-refractivity contribution in [2.45, 2.75) is 78.0 Å². The molecule has 6 heteroatoms. The Balaban J connectivity index is 1.74. The van der Waals surface area contributed by atoms with Crippen LogP contribution in [0.1, 0.15) is 63.8 Å². The molecule has 0 aliphatic carbocycles. The van der Waals surface area contributed by atoms with Crippen molar-refractivity contribution >= 4 is 17.7 Å². The molecule has 1 aliphatic rings. The standard InChI is InChI=1S/C25H33N3O3/c1-5-6-7-12-20-13-14-21(16-26-20)27-23(29)22-15-18-10-8-9-11-19(18)17-28(22)24(30)31-25(2,3)4/h8-11,13-14,16,22H,5-7,12,15,17H2,1-4H3,(H,27,29)/t22-/m0/s1. The van der Waals surface area contributed by atoms with E-state index in [-0.39, 0.29) is 5.91 Å². The lowest BCUT2D eigenvalue weighted by molar-refractivity contribution is -0.121. The third-order valence-corrected chi connectivity index (χ3v) is 5.31. The molecule has 1 aromatic carbocycles. The largest absolute Gasteiger partial charge is 0.444 e. The van der Waals surface area contributed by atoms with Crippen LogP contribution in [0.4, 0.5) is 10.5 Å². The van der Waals surface area contributed by atoms with E-state index in [1.165, 1.54) is 17.7 Å². The van der Waals surface area contributed by atoms with E-state index in [4.69, 9.17) is 4.74 Å². The predicted molar refractivity (Wildman–Crippen MR) is 122 cm³/mol. The molecular formula is C25H33N3O3. The van der Waals surface area contributed by atoms with Crippen LogP contribution in [0, 0.1) is 0 Å². The highest BCUT2D eigenvalue weighted by Crippen LogP contribution is 2.26. The summed E-state index contributed by atoms with van der Waals surface area (Å²) >= 11 is 0. The van der Waals surface area contributed by atoms with Crippen LogP contribution in [-0.2, 0) is 28.9 Å². The van der Waals surface area contributed by atoms with Crippen LogP contribution < -0.4 is 5.32 Å². The average Bonchev–Trinajstić information content (AvgIpc) is 2.73. The molecule has 2 heterocycles. The highest BCUT2D eigenvalue weighted by Gasteiger charge is 2.37. The third kappa shape index (κ3) is 6.29. The lowest BCUT2D eigenvalue weighted by atomic mass is 9.93. The van der Waals surface area contributed by atoms with Gasteiger partial charge >= 0.3 is 6.09 Å². The van der Waals surface area contributed by atoms with Gasteiger partial charge in [0.1, 0.15) is 11.6 Å². The van der Waals surface area contributed by atoms with Crippen molar-refractivity contribution in [2.24, 2.45) is 0 Å². The van der Waals surface area contributed by atoms with E-state index in [9.17, 15) is 9.59 Å². The summed E-state index contributed by atoms with van der Waals surface area (Å²) in [5.41, 5.74) is 3.13. The number of amides is 2. The summed E-state index contributed by atoms with van der Waals surface area (Å²) in [6, 6.07) is 11.1. The number of nitrogens with zero attached hydrogens (tertiary/aromatic N) is 2. The van der Waals surface area contributed by atoms with Crippen LogP contribution in [0.25, 0.3) is 0 Å². The van der Waals surface area contributed by atoms with E-state index in [0.717, 1.165) is 29.7 Å². The quantitative estimate of drug-likeness (QED) is 0.655. The normalized spacial score (nSPS) is 15.9. The van der Waals surface area contributed by atoms with Gasteiger partial charge in [0.2, 0.25) is 5.91 Å². The van der Waals surface area contributed by atoms with Gasteiger partial charge in [-0.05, 0) is 56.9 Å². The summed E-state index contributed by atoms with van der Waals surface area (Å²) in [4.78, 5) is 32.0. The molecule has 166 valence electrons. The minimum Gasteiger partial charge on any atom is -0.444 e. The van der Waals surface area contributed by atoms with Gasteiger partial charge in [-0.25, -0.2) is 4.79 Å². The second-order valence-corrected chi connectivity index (χ2v) is 9.08. The lowest BCUT2D eigenvalue weighted by Gasteiger charge is -2.36. The maximum Gasteiger partial charge on any atom is 0.411 e. The summed E-state index contributed by atoms with van der Waals surface area (Å²) in [7, 11) is 0. The molecule has 2 aromatic rings. The van der Waals surface area contributed by atoms with Gasteiger partial charge in [0, 0.05) is 12.1 Å². The lowest BCUT2D eigenvalue weighted by Crippen LogP contribution is -2.52. The van der Waals surface area contributed by atoms with Crippen LogP contribution in [0.5, 0.6) is 0 Å². The summed E-state index contributed by atoms with van der Waals surface area (Å²) in [6.45, 7) is 8.00. The molecule has 0 fully saturated rings. The molecule has 0 spiro atoms. The smallest absolute Gasteiger partial charge is 0.411 e. The number of hydrogen-bond donors (Lipinski definition) is 1. The summed E-state index contributed by atoms with van der Waals surface area (Å²) in [5.74, 6) is -0.235. The van der Waals surface area contributed by atoms with Crippen molar-refractivity contribution in [3.05, 3.63) is 59.4 Å². The van der Waals surface area contributed by atoms with E-state index in [1.54, 1.807) is 6.20 Å². The molecule has 1 aliphatic heterocycles. The van der Waals surface area contributed by atoms with Crippen LogP contribution in [-0.4, -0.2) is 33.5 Å². The minimum absolute atomic E-state index is 0.235. The number of rotatable bonds is 6. The molecule has 0 saturated heterocycles. The number of hydrogen-bond acceptors (Lipinski definition) is 4. The van der Waals surface area contributed by atoms with E-state index in [2.05, 4.69) is 17.2 Å². The summed E-state index contributed by atoms with van der Waals surface area (Å²) in [5, 5.41) is 2.93. The molecule has 0 radical (unpaired) electrons. The Kier molecular flexibility index (Phi) is 7.31. The number of carbonyl (C=O) groups is 2. The van der Waals surface area contributed by atoms with E-state index in [0.29, 0.717) is 18.7 Å². The van der Waals surface area contributed by atoms with E-state index < -0.39 is 17.7 Å². The summed E-state index contributed by atoms with van der Waals surface area (Å²) in [6.07, 6.45) is 6.07. The first-order chi connectivity index (χ1) is 14.8. The van der Waals surface area contributed by atoms with Crippen molar-refractivity contribution in [3.8, 4) is 0 Å². The fourth-order valence-electron chi connectivity index (χ4n) is 3.70. The second kappa shape index (κ2) is 9.94. The van der Waals surface area contributed by atoms with Crippen molar-refractivity contribution in [3.63, 3.8) is 0 Å². The molecule has 0 saturated carbocycles. The van der Waals surface area contributed by atoms with Crippen LogP contribution in [0.3, 0.4) is 0 Å². The van der Waals surface area contributed by atoms with Gasteiger partial charge in [-0.3, -0.25) is 14.7 Å². The zero-order valence-corrected chi connectivity index (χ0v) is 19.0. The zero-order chi connectivity index (χ0) is 22.4. The Bertz CT molecular complexity index is 903. The molecule has 0 unspecified atom stereocenters. The highest BCUT2D eigenvalue weighted by molar-refractivity contribution is 5.97. The second-order valence-electron chi connectivity index (χ2n) is 9.08.